The Balaban J connectivity index is 1.75. The van der Waals surface area contributed by atoms with E-state index in [2.05, 4.69) is 16.6 Å². The lowest BCUT2D eigenvalue weighted by Gasteiger charge is -2.21. The van der Waals surface area contributed by atoms with Crippen LogP contribution in [-0.4, -0.2) is 53.6 Å². The molecule has 1 aliphatic heterocycles. The van der Waals surface area contributed by atoms with Crippen LogP contribution in [0.4, 0.5) is 4.79 Å². The maximum Gasteiger partial charge on any atom is 0.317 e. The van der Waals surface area contributed by atoms with Crippen molar-refractivity contribution in [2.24, 2.45) is 13.0 Å². The zero-order valence-electron chi connectivity index (χ0n) is 13.2. The third-order valence-corrected chi connectivity index (χ3v) is 3.98. The summed E-state index contributed by atoms with van der Waals surface area (Å²) in [4.78, 5) is 14.1. The van der Waals surface area contributed by atoms with Crippen LogP contribution in [0, 0.1) is 5.92 Å². The molecule has 0 bridgehead atoms. The topological polar surface area (TPSA) is 59.4 Å². The van der Waals surface area contributed by atoms with Crippen molar-refractivity contribution in [3.63, 3.8) is 0 Å². The number of nitrogens with one attached hydrogen (secondary N) is 1. The Labute approximate surface area is 126 Å². The normalized spacial score (nSPS) is 19.8. The number of nitrogens with zero attached hydrogens (tertiary/aromatic N) is 3. The van der Waals surface area contributed by atoms with Gasteiger partial charge in [-0.15, -0.1) is 0 Å². The first-order valence-corrected chi connectivity index (χ1v) is 7.60. The largest absolute Gasteiger partial charge is 0.385 e. The van der Waals surface area contributed by atoms with Crippen LogP contribution in [-0.2, 0) is 18.2 Å². The summed E-state index contributed by atoms with van der Waals surface area (Å²) in [5.74, 6) is 0.536. The van der Waals surface area contributed by atoms with Crippen LogP contribution >= 0.6 is 0 Å². The number of hydrogen-bond donors (Lipinski definition) is 1. The van der Waals surface area contributed by atoms with Crippen LogP contribution in [0.3, 0.4) is 0 Å². The fourth-order valence-electron chi connectivity index (χ4n) is 2.76. The molecule has 1 saturated heterocycles. The number of amides is 2. The molecule has 0 aromatic carbocycles. The molecule has 0 unspecified atom stereocenters. The van der Waals surface area contributed by atoms with Gasteiger partial charge in [0.1, 0.15) is 0 Å². The lowest BCUT2D eigenvalue weighted by molar-refractivity contribution is 0.177. The Morgan fingerprint density at radius 1 is 1.62 bits per heavy atom. The number of hydrogen-bond acceptors (Lipinski definition) is 3. The zero-order chi connectivity index (χ0) is 15.2. The summed E-state index contributed by atoms with van der Waals surface area (Å²) >= 11 is 0. The van der Waals surface area contributed by atoms with E-state index in [9.17, 15) is 4.79 Å². The van der Waals surface area contributed by atoms with E-state index < -0.39 is 0 Å². The summed E-state index contributed by atoms with van der Waals surface area (Å²) in [6.07, 6.45) is 6.87. The van der Waals surface area contributed by atoms with Crippen molar-refractivity contribution in [1.82, 2.24) is 20.0 Å². The zero-order valence-corrected chi connectivity index (χ0v) is 13.2. The molecule has 1 fully saturated rings. The van der Waals surface area contributed by atoms with E-state index >= 15 is 0 Å². The summed E-state index contributed by atoms with van der Waals surface area (Å²) in [6.45, 7) is 4.36. The monoisotopic (exact) mass is 294 g/mol. The number of carbonyl (C=O) groups excluding carboxylic acids is 1. The van der Waals surface area contributed by atoms with E-state index in [0.29, 0.717) is 12.5 Å². The third-order valence-electron chi connectivity index (χ3n) is 3.98. The van der Waals surface area contributed by atoms with Gasteiger partial charge in [-0.1, -0.05) is 0 Å². The van der Waals surface area contributed by atoms with Gasteiger partial charge in [0.25, 0.3) is 0 Å². The number of rotatable bonds is 6. The Hall–Kier alpha value is -1.56. The summed E-state index contributed by atoms with van der Waals surface area (Å²) in [5, 5.41) is 7.23. The van der Waals surface area contributed by atoms with Gasteiger partial charge in [0.15, 0.2) is 0 Å². The molecule has 1 N–H and O–H groups in total. The Bertz CT molecular complexity index is 460. The minimum atomic E-state index is 0.0484. The number of likely N-dealkylation sites (tertiary alicyclic amines) is 1. The number of aromatic nitrogens is 2. The molecule has 0 saturated carbocycles. The molecule has 6 nitrogen and oxygen atoms in total. The highest BCUT2D eigenvalue weighted by Crippen LogP contribution is 2.20. The van der Waals surface area contributed by atoms with E-state index in [1.54, 1.807) is 7.11 Å². The third kappa shape index (κ3) is 4.74. The fraction of sp³-hybridized carbons (Fsp3) is 0.733. The van der Waals surface area contributed by atoms with Crippen molar-refractivity contribution in [2.75, 3.05) is 26.8 Å². The molecular weight excluding hydrogens is 268 g/mol. The SMILES string of the molecule is COCC[C@H](C)NC(=O)N1CC[C@@H](Cc2cnn(C)c2)C1. The molecule has 0 radical (unpaired) electrons. The molecule has 1 aromatic heterocycles. The van der Waals surface area contributed by atoms with E-state index in [-0.39, 0.29) is 12.1 Å². The average Bonchev–Trinajstić information content (AvgIpc) is 3.06. The van der Waals surface area contributed by atoms with Gasteiger partial charge in [0.05, 0.1) is 6.20 Å². The van der Waals surface area contributed by atoms with Crippen molar-refractivity contribution >= 4 is 6.03 Å². The molecule has 0 aliphatic carbocycles. The lowest BCUT2D eigenvalue weighted by Crippen LogP contribution is -2.43. The summed E-state index contributed by atoms with van der Waals surface area (Å²) in [7, 11) is 3.61. The van der Waals surface area contributed by atoms with Crippen molar-refractivity contribution in [1.29, 1.82) is 0 Å². The van der Waals surface area contributed by atoms with Crippen LogP contribution in [0.2, 0.25) is 0 Å². The number of carbonyl (C=O) groups is 1. The standard InChI is InChI=1S/C15H26N4O2/c1-12(5-7-21-3)17-15(20)19-6-4-13(11-19)8-14-9-16-18(2)10-14/h9-10,12-13H,4-8,11H2,1-3H3,(H,17,20)/t12-,13-/m0/s1. The van der Waals surface area contributed by atoms with Gasteiger partial charge >= 0.3 is 6.03 Å². The van der Waals surface area contributed by atoms with Gasteiger partial charge in [-0.2, -0.15) is 5.10 Å². The molecule has 2 amide bonds. The summed E-state index contributed by atoms with van der Waals surface area (Å²) in [5.41, 5.74) is 1.25. The molecule has 118 valence electrons. The fourth-order valence-corrected chi connectivity index (χ4v) is 2.76. The van der Waals surface area contributed by atoms with Crippen molar-refractivity contribution < 1.29 is 9.53 Å². The van der Waals surface area contributed by atoms with E-state index in [0.717, 1.165) is 32.4 Å². The smallest absolute Gasteiger partial charge is 0.317 e. The van der Waals surface area contributed by atoms with Crippen LogP contribution < -0.4 is 5.32 Å². The molecule has 21 heavy (non-hydrogen) atoms. The summed E-state index contributed by atoms with van der Waals surface area (Å²) in [6, 6.07) is 0.196. The predicted molar refractivity (Wildman–Crippen MR) is 81.1 cm³/mol. The quantitative estimate of drug-likeness (QED) is 0.863. The van der Waals surface area contributed by atoms with E-state index in [4.69, 9.17) is 4.74 Å². The molecule has 2 heterocycles. The maximum atomic E-state index is 12.2. The molecule has 0 spiro atoms. The first-order chi connectivity index (χ1) is 10.1. The highest BCUT2D eigenvalue weighted by molar-refractivity contribution is 5.74. The second-order valence-electron chi connectivity index (χ2n) is 5.96. The predicted octanol–water partition coefficient (Wildman–Crippen LogP) is 1.42. The van der Waals surface area contributed by atoms with Crippen LogP contribution in [0.25, 0.3) is 0 Å². The van der Waals surface area contributed by atoms with Crippen molar-refractivity contribution in [3.8, 4) is 0 Å². The van der Waals surface area contributed by atoms with Crippen molar-refractivity contribution in [3.05, 3.63) is 18.0 Å². The second-order valence-corrected chi connectivity index (χ2v) is 5.96. The van der Waals surface area contributed by atoms with E-state index in [1.807, 2.05) is 29.7 Å². The Morgan fingerprint density at radius 3 is 3.10 bits per heavy atom. The molecule has 2 atom stereocenters. The Morgan fingerprint density at radius 2 is 2.43 bits per heavy atom. The summed E-state index contributed by atoms with van der Waals surface area (Å²) < 4.78 is 6.86. The molecule has 1 aromatic rings. The first-order valence-electron chi connectivity index (χ1n) is 7.60. The van der Waals surface area contributed by atoms with Crippen LogP contribution in [0.15, 0.2) is 12.4 Å². The van der Waals surface area contributed by atoms with Crippen LogP contribution in [0.1, 0.15) is 25.3 Å². The maximum absolute atomic E-state index is 12.2. The number of urea groups is 1. The molecule has 2 rings (SSSR count). The Kier molecular flexibility index (Phi) is 5.61. The van der Waals surface area contributed by atoms with E-state index in [1.165, 1.54) is 5.56 Å². The number of ether oxygens (including phenoxy) is 1. The number of aryl methyl sites for hydroxylation is 1. The van der Waals surface area contributed by atoms with Gasteiger partial charge in [-0.3, -0.25) is 4.68 Å². The molecular formula is C15H26N4O2. The molecule has 1 aliphatic rings. The van der Waals surface area contributed by atoms with Gasteiger partial charge in [-0.25, -0.2) is 4.79 Å². The number of methoxy groups -OCH3 is 1. The average molecular weight is 294 g/mol. The molecule has 6 heteroatoms. The second kappa shape index (κ2) is 7.45. The van der Waals surface area contributed by atoms with Crippen LogP contribution in [0.5, 0.6) is 0 Å². The minimum Gasteiger partial charge on any atom is -0.385 e. The van der Waals surface area contributed by atoms with Crippen molar-refractivity contribution in [2.45, 2.75) is 32.2 Å². The van der Waals surface area contributed by atoms with Gasteiger partial charge in [0.2, 0.25) is 0 Å². The van der Waals surface area contributed by atoms with Gasteiger partial charge in [0, 0.05) is 46.1 Å². The first kappa shape index (κ1) is 15.8. The van der Waals surface area contributed by atoms with Gasteiger partial charge in [-0.05, 0) is 37.7 Å². The lowest BCUT2D eigenvalue weighted by atomic mass is 10.0. The highest BCUT2D eigenvalue weighted by atomic mass is 16.5. The minimum absolute atomic E-state index is 0.0484. The van der Waals surface area contributed by atoms with Gasteiger partial charge < -0.3 is 15.0 Å². The highest BCUT2D eigenvalue weighted by Gasteiger charge is 2.27.